The summed E-state index contributed by atoms with van der Waals surface area (Å²) in [4.78, 5) is 9.85. The van der Waals surface area contributed by atoms with E-state index in [4.69, 9.17) is 25.2 Å². The van der Waals surface area contributed by atoms with Gasteiger partial charge in [-0.2, -0.15) is 0 Å². The van der Waals surface area contributed by atoms with Gasteiger partial charge < -0.3 is 15.2 Å². The maximum atomic E-state index is 12.4. The maximum Gasteiger partial charge on any atom is 0.181 e. The quantitative estimate of drug-likeness (QED) is 0.734. The van der Waals surface area contributed by atoms with Crippen LogP contribution in [-0.2, 0) is 10.4 Å². The smallest absolute Gasteiger partial charge is 0.181 e. The second-order valence-corrected chi connectivity index (χ2v) is 7.50. The van der Waals surface area contributed by atoms with Crippen molar-refractivity contribution in [3.8, 4) is 5.75 Å². The van der Waals surface area contributed by atoms with E-state index in [-0.39, 0.29) is 12.6 Å². The number of nitrogens with two attached hydrogens (primary N) is 1. The lowest BCUT2D eigenvalue weighted by atomic mass is 9.75. The molecule has 1 aliphatic heterocycles. The molecule has 6 heteroatoms. The minimum Gasteiger partial charge on any atom is -0.493 e. The highest BCUT2D eigenvalue weighted by molar-refractivity contribution is 6.41. The topological polar surface area (TPSA) is 69.2 Å². The summed E-state index contributed by atoms with van der Waals surface area (Å²) >= 11 is 0. The van der Waals surface area contributed by atoms with Gasteiger partial charge in [0.15, 0.2) is 5.66 Å². The van der Waals surface area contributed by atoms with Gasteiger partial charge in [0.1, 0.15) is 11.6 Å². The summed E-state index contributed by atoms with van der Waals surface area (Å²) in [6.07, 6.45) is 4.66. The predicted molar refractivity (Wildman–Crippen MR) is 106 cm³/mol. The van der Waals surface area contributed by atoms with Crippen molar-refractivity contribution in [3.63, 3.8) is 0 Å². The highest BCUT2D eigenvalue weighted by Gasteiger charge is 2.46. The molecule has 2 aliphatic rings. The molecule has 0 radical (unpaired) electrons. The first-order chi connectivity index (χ1) is 13.0. The third-order valence-electron chi connectivity index (χ3n) is 5.73. The minimum absolute atomic E-state index is 0.264. The minimum atomic E-state index is -0.698. The van der Waals surface area contributed by atoms with Gasteiger partial charge in [-0.1, -0.05) is 6.07 Å². The molecular weight excluding hydrogens is 345 g/mol. The SMILES string of the molecule is COC1CCC(C2(c3cc(OCCCF)ccc3C)N=C(C)C(N)=N2)CC1. The summed E-state index contributed by atoms with van der Waals surface area (Å²) < 4.78 is 23.7. The molecule has 0 aromatic heterocycles. The molecule has 1 aromatic carbocycles. The van der Waals surface area contributed by atoms with Crippen molar-refractivity contribution < 1.29 is 13.9 Å². The Morgan fingerprint density at radius 1 is 1.19 bits per heavy atom. The van der Waals surface area contributed by atoms with Crippen molar-refractivity contribution in [2.24, 2.45) is 21.6 Å². The van der Waals surface area contributed by atoms with Crippen molar-refractivity contribution in [2.75, 3.05) is 20.4 Å². The number of aliphatic imine (C=N–C) groups is 2. The molecule has 0 saturated heterocycles. The summed E-state index contributed by atoms with van der Waals surface area (Å²) in [6.45, 7) is 3.96. The van der Waals surface area contributed by atoms with E-state index in [9.17, 15) is 4.39 Å². The van der Waals surface area contributed by atoms with E-state index in [0.29, 0.717) is 25.0 Å². The van der Waals surface area contributed by atoms with Crippen molar-refractivity contribution in [2.45, 2.75) is 57.7 Å². The average molecular weight is 375 g/mol. The molecule has 1 atom stereocenters. The molecular formula is C21H30FN3O2. The Labute approximate surface area is 160 Å². The summed E-state index contributed by atoms with van der Waals surface area (Å²) in [6, 6.07) is 5.96. The zero-order chi connectivity index (χ0) is 19.4. The third kappa shape index (κ3) is 4.00. The number of ether oxygens (including phenoxy) is 2. The zero-order valence-corrected chi connectivity index (χ0v) is 16.5. The van der Waals surface area contributed by atoms with Crippen LogP contribution in [-0.4, -0.2) is 38.0 Å². The van der Waals surface area contributed by atoms with Crippen molar-refractivity contribution in [3.05, 3.63) is 29.3 Å². The number of alkyl halides is 1. The molecule has 0 bridgehead atoms. The number of methoxy groups -OCH3 is 1. The fraction of sp³-hybridized carbons (Fsp3) is 0.619. The van der Waals surface area contributed by atoms with Gasteiger partial charge in [-0.15, -0.1) is 0 Å². The molecule has 1 unspecified atom stereocenters. The average Bonchev–Trinajstić information content (AvgIpc) is 2.99. The van der Waals surface area contributed by atoms with E-state index in [1.165, 1.54) is 0 Å². The molecule has 0 spiro atoms. The number of amidine groups is 1. The first kappa shape index (κ1) is 19.8. The lowest BCUT2D eigenvalue weighted by Crippen LogP contribution is -2.36. The number of nitrogens with zero attached hydrogens (tertiary/aromatic N) is 2. The molecule has 2 N–H and O–H groups in total. The van der Waals surface area contributed by atoms with Crippen LogP contribution in [0.2, 0.25) is 0 Å². The third-order valence-corrected chi connectivity index (χ3v) is 5.73. The molecule has 0 amide bonds. The van der Waals surface area contributed by atoms with Gasteiger partial charge in [0.2, 0.25) is 0 Å². The zero-order valence-electron chi connectivity index (χ0n) is 16.5. The molecule has 27 heavy (non-hydrogen) atoms. The molecule has 5 nitrogen and oxygen atoms in total. The maximum absolute atomic E-state index is 12.4. The second-order valence-electron chi connectivity index (χ2n) is 7.50. The van der Waals surface area contributed by atoms with Gasteiger partial charge in [-0.05, 0) is 57.2 Å². The van der Waals surface area contributed by atoms with Crippen LogP contribution < -0.4 is 10.5 Å². The van der Waals surface area contributed by atoms with E-state index in [1.807, 2.05) is 25.1 Å². The van der Waals surface area contributed by atoms with Crippen LogP contribution >= 0.6 is 0 Å². The second kappa shape index (κ2) is 8.38. The van der Waals surface area contributed by atoms with Crippen LogP contribution in [0, 0.1) is 12.8 Å². The highest BCUT2D eigenvalue weighted by Crippen LogP contribution is 2.47. The first-order valence-electron chi connectivity index (χ1n) is 9.75. The Balaban J connectivity index is 1.96. The van der Waals surface area contributed by atoms with Crippen LogP contribution in [0.1, 0.15) is 50.2 Å². The molecule has 1 heterocycles. The van der Waals surface area contributed by atoms with Gasteiger partial charge in [-0.3, -0.25) is 9.38 Å². The lowest BCUT2D eigenvalue weighted by Gasteiger charge is -2.38. The van der Waals surface area contributed by atoms with Crippen molar-refractivity contribution in [1.29, 1.82) is 0 Å². The number of hydrogen-bond donors (Lipinski definition) is 1. The lowest BCUT2D eigenvalue weighted by molar-refractivity contribution is 0.0425. The molecule has 1 saturated carbocycles. The van der Waals surface area contributed by atoms with Crippen LogP contribution in [0.15, 0.2) is 28.2 Å². The van der Waals surface area contributed by atoms with Crippen LogP contribution in [0.25, 0.3) is 0 Å². The Bertz CT molecular complexity index is 706. The number of rotatable bonds is 7. The van der Waals surface area contributed by atoms with Crippen molar-refractivity contribution >= 4 is 11.5 Å². The number of aryl methyl sites for hydroxylation is 1. The van der Waals surface area contributed by atoms with E-state index in [1.54, 1.807) is 7.11 Å². The highest BCUT2D eigenvalue weighted by atomic mass is 19.1. The standard InChI is InChI=1S/C21H30FN3O2/c1-14-5-8-18(27-12-4-11-22)13-19(14)21(24-15(2)20(23)25-21)16-6-9-17(26-3)10-7-16/h5,8,13,16-17H,4,6-7,9-12H2,1-3H3,(H2,23,25). The first-order valence-corrected chi connectivity index (χ1v) is 9.75. The summed E-state index contributed by atoms with van der Waals surface area (Å²) in [5.74, 6) is 1.49. The van der Waals surface area contributed by atoms with Gasteiger partial charge in [0.05, 0.1) is 25.1 Å². The van der Waals surface area contributed by atoms with Gasteiger partial charge in [-0.25, -0.2) is 4.99 Å². The van der Waals surface area contributed by atoms with Gasteiger partial charge in [0, 0.05) is 25.0 Å². The number of hydrogen-bond acceptors (Lipinski definition) is 5. The summed E-state index contributed by atoms with van der Waals surface area (Å²) in [5, 5.41) is 0. The molecule has 1 aromatic rings. The molecule has 1 fully saturated rings. The number of benzene rings is 1. The normalized spacial score (nSPS) is 28.0. The van der Waals surface area contributed by atoms with Crippen LogP contribution in [0.5, 0.6) is 5.75 Å². The fourth-order valence-corrected chi connectivity index (χ4v) is 4.16. The van der Waals surface area contributed by atoms with E-state index in [0.717, 1.165) is 48.3 Å². The van der Waals surface area contributed by atoms with E-state index in [2.05, 4.69) is 6.92 Å². The van der Waals surface area contributed by atoms with Crippen LogP contribution in [0.3, 0.4) is 0 Å². The molecule has 148 valence electrons. The van der Waals surface area contributed by atoms with Gasteiger partial charge >= 0.3 is 0 Å². The van der Waals surface area contributed by atoms with E-state index < -0.39 is 5.66 Å². The summed E-state index contributed by atoms with van der Waals surface area (Å²) in [5.41, 5.74) is 8.38. The van der Waals surface area contributed by atoms with Gasteiger partial charge in [0.25, 0.3) is 0 Å². The predicted octanol–water partition coefficient (Wildman–Crippen LogP) is 3.92. The van der Waals surface area contributed by atoms with Crippen LogP contribution in [0.4, 0.5) is 4.39 Å². The summed E-state index contributed by atoms with van der Waals surface area (Å²) in [7, 11) is 1.77. The Morgan fingerprint density at radius 2 is 1.93 bits per heavy atom. The van der Waals surface area contributed by atoms with Crippen molar-refractivity contribution in [1.82, 2.24) is 0 Å². The van der Waals surface area contributed by atoms with E-state index >= 15 is 0 Å². The number of halogens is 1. The fourth-order valence-electron chi connectivity index (χ4n) is 4.16. The Morgan fingerprint density at radius 3 is 2.52 bits per heavy atom. The molecule has 3 rings (SSSR count). The largest absolute Gasteiger partial charge is 0.493 e. The molecule has 1 aliphatic carbocycles. The monoisotopic (exact) mass is 375 g/mol. The Hall–Kier alpha value is -1.95. The Kier molecular flexibility index (Phi) is 6.15.